The van der Waals surface area contributed by atoms with Gasteiger partial charge in [0.15, 0.2) is 11.5 Å². The van der Waals surface area contributed by atoms with E-state index in [0.29, 0.717) is 22.8 Å². The fourth-order valence-corrected chi connectivity index (χ4v) is 2.29. The van der Waals surface area contributed by atoms with Crippen molar-refractivity contribution < 1.29 is 19.2 Å². The van der Waals surface area contributed by atoms with Crippen LogP contribution in [0.2, 0.25) is 0 Å². The molecule has 6 heteroatoms. The lowest BCUT2D eigenvalue weighted by molar-refractivity contribution is 0.101. The fourth-order valence-electron chi connectivity index (χ4n) is 2.29. The van der Waals surface area contributed by atoms with Crippen molar-refractivity contribution in [1.82, 2.24) is 5.16 Å². The first kappa shape index (κ1) is 15.6. The van der Waals surface area contributed by atoms with E-state index in [1.165, 1.54) is 12.1 Å². The lowest BCUT2D eigenvalue weighted by Gasteiger charge is -2.06. The second-order valence-electron chi connectivity index (χ2n) is 5.25. The number of phenols is 1. The maximum absolute atomic E-state index is 12.3. The molecule has 0 spiro atoms. The van der Waals surface area contributed by atoms with Gasteiger partial charge >= 0.3 is 0 Å². The van der Waals surface area contributed by atoms with Gasteiger partial charge in [0.25, 0.3) is 5.91 Å². The Kier molecular flexibility index (Phi) is 4.20. The van der Waals surface area contributed by atoms with E-state index >= 15 is 0 Å². The van der Waals surface area contributed by atoms with Crippen molar-refractivity contribution in [2.24, 2.45) is 0 Å². The molecule has 0 aliphatic heterocycles. The van der Waals surface area contributed by atoms with Crippen molar-refractivity contribution in [2.75, 3.05) is 12.4 Å². The predicted molar refractivity (Wildman–Crippen MR) is 89.3 cm³/mol. The SMILES string of the molecule is COc1ccccc1-c1cc(C(=O)Nc2cc(C)ccc2O)no1. The average Bonchev–Trinajstić information content (AvgIpc) is 3.08. The Hall–Kier alpha value is -3.28. The monoisotopic (exact) mass is 324 g/mol. The molecule has 0 fully saturated rings. The van der Waals surface area contributed by atoms with E-state index in [1.54, 1.807) is 25.3 Å². The van der Waals surface area contributed by atoms with Gasteiger partial charge in [-0.05, 0) is 36.8 Å². The lowest BCUT2D eigenvalue weighted by Crippen LogP contribution is -2.12. The highest BCUT2D eigenvalue weighted by molar-refractivity contribution is 6.04. The van der Waals surface area contributed by atoms with Gasteiger partial charge in [-0.2, -0.15) is 0 Å². The molecule has 1 aromatic heterocycles. The van der Waals surface area contributed by atoms with Crippen LogP contribution < -0.4 is 10.1 Å². The molecule has 3 rings (SSSR count). The third-order valence-corrected chi connectivity index (χ3v) is 3.52. The predicted octanol–water partition coefficient (Wildman–Crippen LogP) is 3.62. The number of phenolic OH excluding ortho intramolecular Hbond substituents is 1. The topological polar surface area (TPSA) is 84.6 Å². The lowest BCUT2D eigenvalue weighted by atomic mass is 10.1. The summed E-state index contributed by atoms with van der Waals surface area (Å²) in [5.41, 5.74) is 2.04. The number of nitrogens with zero attached hydrogens (tertiary/aromatic N) is 1. The van der Waals surface area contributed by atoms with Gasteiger partial charge < -0.3 is 19.7 Å². The van der Waals surface area contributed by atoms with Gasteiger partial charge in [0.2, 0.25) is 0 Å². The number of aromatic hydroxyl groups is 1. The zero-order valence-electron chi connectivity index (χ0n) is 13.2. The first-order valence-corrected chi connectivity index (χ1v) is 7.29. The molecular weight excluding hydrogens is 308 g/mol. The standard InChI is InChI=1S/C18H16N2O4/c1-11-7-8-15(21)13(9-11)19-18(22)14-10-17(24-20-14)12-5-3-4-6-16(12)23-2/h3-10,21H,1-2H3,(H,19,22). The van der Waals surface area contributed by atoms with Crippen LogP contribution in [0, 0.1) is 6.92 Å². The van der Waals surface area contributed by atoms with Crippen LogP contribution >= 0.6 is 0 Å². The van der Waals surface area contributed by atoms with E-state index in [0.717, 1.165) is 5.56 Å². The van der Waals surface area contributed by atoms with Gasteiger partial charge in [0.05, 0.1) is 18.4 Å². The van der Waals surface area contributed by atoms with Crippen LogP contribution in [0.15, 0.2) is 53.1 Å². The summed E-state index contributed by atoms with van der Waals surface area (Å²) in [6, 6.07) is 13.8. The van der Waals surface area contributed by atoms with Crippen molar-refractivity contribution in [3.63, 3.8) is 0 Å². The molecule has 0 saturated heterocycles. The molecule has 0 bridgehead atoms. The number of anilines is 1. The molecule has 6 nitrogen and oxygen atoms in total. The Morgan fingerprint density at radius 3 is 2.79 bits per heavy atom. The smallest absolute Gasteiger partial charge is 0.277 e. The summed E-state index contributed by atoms with van der Waals surface area (Å²) in [5, 5.41) is 16.2. The maximum Gasteiger partial charge on any atom is 0.277 e. The van der Waals surface area contributed by atoms with Gasteiger partial charge in [-0.3, -0.25) is 4.79 Å². The van der Waals surface area contributed by atoms with Crippen LogP contribution in [-0.4, -0.2) is 23.3 Å². The van der Waals surface area contributed by atoms with Crippen molar-refractivity contribution in [1.29, 1.82) is 0 Å². The molecule has 2 aromatic carbocycles. The molecule has 0 atom stereocenters. The van der Waals surface area contributed by atoms with Gasteiger partial charge in [-0.1, -0.05) is 23.4 Å². The highest BCUT2D eigenvalue weighted by Crippen LogP contribution is 2.30. The number of carbonyl (C=O) groups excluding carboxylic acids is 1. The number of hydrogen-bond donors (Lipinski definition) is 2. The van der Waals surface area contributed by atoms with Crippen LogP contribution in [0.1, 0.15) is 16.1 Å². The highest BCUT2D eigenvalue weighted by atomic mass is 16.5. The molecule has 0 aliphatic carbocycles. The number of hydrogen-bond acceptors (Lipinski definition) is 5. The molecule has 0 radical (unpaired) electrons. The average molecular weight is 324 g/mol. The number of methoxy groups -OCH3 is 1. The summed E-state index contributed by atoms with van der Waals surface area (Å²) < 4.78 is 10.5. The number of ether oxygens (including phenoxy) is 1. The Morgan fingerprint density at radius 2 is 2.00 bits per heavy atom. The summed E-state index contributed by atoms with van der Waals surface area (Å²) in [5.74, 6) is 0.561. The summed E-state index contributed by atoms with van der Waals surface area (Å²) in [6.07, 6.45) is 0. The molecule has 0 unspecified atom stereocenters. The molecule has 1 heterocycles. The van der Waals surface area contributed by atoms with E-state index in [-0.39, 0.29) is 11.4 Å². The zero-order chi connectivity index (χ0) is 17.1. The van der Waals surface area contributed by atoms with E-state index < -0.39 is 5.91 Å². The third-order valence-electron chi connectivity index (χ3n) is 3.52. The number of benzene rings is 2. The molecule has 122 valence electrons. The molecule has 0 aliphatic rings. The summed E-state index contributed by atoms with van der Waals surface area (Å²) in [4.78, 5) is 12.3. The first-order chi connectivity index (χ1) is 11.6. The van der Waals surface area contributed by atoms with Crippen LogP contribution in [-0.2, 0) is 0 Å². The molecule has 0 saturated carbocycles. The fraction of sp³-hybridized carbons (Fsp3) is 0.111. The van der Waals surface area contributed by atoms with E-state index in [2.05, 4.69) is 10.5 Å². The second-order valence-corrected chi connectivity index (χ2v) is 5.25. The number of aromatic nitrogens is 1. The minimum absolute atomic E-state index is 0.0117. The summed E-state index contributed by atoms with van der Waals surface area (Å²) >= 11 is 0. The Morgan fingerprint density at radius 1 is 1.21 bits per heavy atom. The Bertz CT molecular complexity index is 886. The van der Waals surface area contributed by atoms with Gasteiger partial charge in [-0.15, -0.1) is 0 Å². The third kappa shape index (κ3) is 3.08. The normalized spacial score (nSPS) is 10.4. The number of aryl methyl sites for hydroxylation is 1. The second kappa shape index (κ2) is 6.45. The van der Waals surface area contributed by atoms with Crippen molar-refractivity contribution in [3.8, 4) is 22.8 Å². The van der Waals surface area contributed by atoms with E-state index in [9.17, 15) is 9.90 Å². The van der Waals surface area contributed by atoms with Crippen molar-refractivity contribution in [2.45, 2.75) is 6.92 Å². The van der Waals surface area contributed by atoms with Crippen molar-refractivity contribution >= 4 is 11.6 Å². The van der Waals surface area contributed by atoms with Crippen LogP contribution in [0.4, 0.5) is 5.69 Å². The Labute approximate surface area is 138 Å². The Balaban J connectivity index is 1.85. The summed E-state index contributed by atoms with van der Waals surface area (Å²) in [6.45, 7) is 1.87. The zero-order valence-corrected chi connectivity index (χ0v) is 13.2. The first-order valence-electron chi connectivity index (χ1n) is 7.29. The molecule has 24 heavy (non-hydrogen) atoms. The minimum Gasteiger partial charge on any atom is -0.506 e. The van der Waals surface area contributed by atoms with Gasteiger partial charge in [-0.25, -0.2) is 0 Å². The van der Waals surface area contributed by atoms with E-state index in [4.69, 9.17) is 9.26 Å². The number of carbonyl (C=O) groups is 1. The quantitative estimate of drug-likeness (QED) is 0.716. The summed E-state index contributed by atoms with van der Waals surface area (Å²) in [7, 11) is 1.56. The van der Waals surface area contributed by atoms with Crippen LogP contribution in [0.25, 0.3) is 11.3 Å². The van der Waals surface area contributed by atoms with Crippen molar-refractivity contribution in [3.05, 3.63) is 59.8 Å². The number of nitrogens with one attached hydrogen (secondary N) is 1. The number of para-hydroxylation sites is 1. The van der Waals surface area contributed by atoms with E-state index in [1.807, 2.05) is 25.1 Å². The maximum atomic E-state index is 12.3. The largest absolute Gasteiger partial charge is 0.506 e. The van der Waals surface area contributed by atoms with Gasteiger partial charge in [0.1, 0.15) is 11.5 Å². The molecule has 1 amide bonds. The highest BCUT2D eigenvalue weighted by Gasteiger charge is 2.17. The minimum atomic E-state index is -0.471. The van der Waals surface area contributed by atoms with Crippen LogP contribution in [0.3, 0.4) is 0 Å². The number of amides is 1. The molecule has 3 aromatic rings. The number of rotatable bonds is 4. The van der Waals surface area contributed by atoms with Gasteiger partial charge in [0, 0.05) is 6.07 Å². The molecular formula is C18H16N2O4. The molecule has 2 N–H and O–H groups in total. The van der Waals surface area contributed by atoms with Crippen LogP contribution in [0.5, 0.6) is 11.5 Å².